The van der Waals surface area contributed by atoms with E-state index in [2.05, 4.69) is 0 Å². The van der Waals surface area contributed by atoms with Crippen LogP contribution in [0.4, 0.5) is 0 Å². The van der Waals surface area contributed by atoms with Crippen molar-refractivity contribution in [1.82, 2.24) is 4.90 Å². The Morgan fingerprint density at radius 1 is 1.31 bits per heavy atom. The molecular weight excluding hydrogens is 461 g/mol. The fraction of sp³-hybridized carbons (Fsp3) is 0.286. The molecule has 0 saturated carbocycles. The summed E-state index contributed by atoms with van der Waals surface area (Å²) < 4.78 is 30.9. The van der Waals surface area contributed by atoms with E-state index in [9.17, 15) is 29.4 Å². The molecule has 4 rings (SSSR count). The van der Waals surface area contributed by atoms with Crippen LogP contribution < -0.4 is 9.95 Å². The number of phosphoric acid groups is 1. The SMILES string of the molecule is [2H]C1(O)CN(C)CCC1c1c(OP(=O)(O)O)cc(O)c2c(=O)cc(-c3ccccc3Cl)oc12. The van der Waals surface area contributed by atoms with Gasteiger partial charge in [-0.3, -0.25) is 14.6 Å². The lowest BCUT2D eigenvalue weighted by Gasteiger charge is -2.34. The number of phenolic OH excluding ortho intramolecular Hbond substituents is 1. The number of hydrogen-bond acceptors (Lipinski definition) is 7. The molecule has 0 amide bonds. The molecule has 1 saturated heterocycles. The first-order valence-corrected chi connectivity index (χ1v) is 11.5. The van der Waals surface area contributed by atoms with Crippen LogP contribution in [0.2, 0.25) is 5.02 Å². The molecule has 32 heavy (non-hydrogen) atoms. The number of benzene rings is 2. The van der Waals surface area contributed by atoms with Gasteiger partial charge in [0.1, 0.15) is 28.2 Å². The first-order valence-electron chi connectivity index (χ1n) is 10.1. The molecule has 4 N–H and O–H groups in total. The Balaban J connectivity index is 2.08. The minimum absolute atomic E-state index is 0.0357. The van der Waals surface area contributed by atoms with Gasteiger partial charge in [-0.15, -0.1) is 0 Å². The van der Waals surface area contributed by atoms with Gasteiger partial charge >= 0.3 is 7.82 Å². The van der Waals surface area contributed by atoms with E-state index >= 15 is 0 Å². The van der Waals surface area contributed by atoms with E-state index in [1.165, 1.54) is 0 Å². The van der Waals surface area contributed by atoms with E-state index in [4.69, 9.17) is 21.9 Å². The van der Waals surface area contributed by atoms with Gasteiger partial charge in [0.2, 0.25) is 0 Å². The number of piperidine rings is 1. The summed E-state index contributed by atoms with van der Waals surface area (Å²) in [6, 6.07) is 8.59. The molecule has 170 valence electrons. The van der Waals surface area contributed by atoms with Gasteiger partial charge in [0.25, 0.3) is 0 Å². The van der Waals surface area contributed by atoms with Crippen LogP contribution in [0, 0.1) is 0 Å². The van der Waals surface area contributed by atoms with Crippen LogP contribution in [0.3, 0.4) is 0 Å². The minimum Gasteiger partial charge on any atom is -0.507 e. The van der Waals surface area contributed by atoms with Crippen LogP contribution in [0.1, 0.15) is 19.3 Å². The van der Waals surface area contributed by atoms with E-state index in [-0.39, 0.29) is 40.3 Å². The highest BCUT2D eigenvalue weighted by atomic mass is 35.5. The normalized spacial score (nSPS) is 22.7. The highest BCUT2D eigenvalue weighted by Gasteiger charge is 2.35. The van der Waals surface area contributed by atoms with Gasteiger partial charge in [0.15, 0.2) is 5.43 Å². The Bertz CT molecular complexity index is 1340. The smallest absolute Gasteiger partial charge is 0.507 e. The van der Waals surface area contributed by atoms with Gasteiger partial charge in [-0.1, -0.05) is 23.7 Å². The fourth-order valence-electron chi connectivity index (χ4n) is 3.93. The van der Waals surface area contributed by atoms with Crippen LogP contribution in [0.5, 0.6) is 11.5 Å². The van der Waals surface area contributed by atoms with Gasteiger partial charge < -0.3 is 24.1 Å². The predicted molar refractivity (Wildman–Crippen MR) is 118 cm³/mol. The molecule has 3 aromatic rings. The Morgan fingerprint density at radius 2 is 2.03 bits per heavy atom. The standard InChI is InChI=1S/C21H21ClNO8P/c1-23-7-6-12(16(26)10-23)19-18(31-32(27,28)29)9-15(25)20-14(24)8-17(30-21(19)20)11-4-2-3-5-13(11)22/h2-5,8-9,12,16,25-26H,6-7,10H2,1H3,(H2,27,28,29)/i16D. The summed E-state index contributed by atoms with van der Waals surface area (Å²) in [5.41, 5.74) is -0.618. The highest BCUT2D eigenvalue weighted by molar-refractivity contribution is 7.46. The number of rotatable bonds is 4. The van der Waals surface area contributed by atoms with Crippen molar-refractivity contribution in [3.8, 4) is 22.8 Å². The Kier molecular flexibility index (Phi) is 5.71. The van der Waals surface area contributed by atoms with Crippen LogP contribution in [0.25, 0.3) is 22.3 Å². The van der Waals surface area contributed by atoms with Crippen LogP contribution in [-0.2, 0) is 4.57 Å². The molecule has 0 bridgehead atoms. The highest BCUT2D eigenvalue weighted by Crippen LogP contribution is 2.48. The third-order valence-corrected chi connectivity index (χ3v) is 6.08. The van der Waals surface area contributed by atoms with E-state index in [1.54, 1.807) is 36.2 Å². The molecule has 0 spiro atoms. The van der Waals surface area contributed by atoms with E-state index < -0.39 is 36.7 Å². The Morgan fingerprint density at radius 3 is 2.69 bits per heavy atom. The first-order chi connectivity index (χ1) is 15.4. The molecule has 11 heteroatoms. The topological polar surface area (TPSA) is 141 Å². The second kappa shape index (κ2) is 8.51. The van der Waals surface area contributed by atoms with Gasteiger partial charge in [-0.2, -0.15) is 0 Å². The minimum atomic E-state index is -5.11. The van der Waals surface area contributed by atoms with Crippen molar-refractivity contribution in [2.75, 3.05) is 20.1 Å². The number of halogens is 1. The van der Waals surface area contributed by atoms with Crippen molar-refractivity contribution in [3.63, 3.8) is 0 Å². The van der Waals surface area contributed by atoms with E-state index in [0.29, 0.717) is 12.1 Å². The predicted octanol–water partition coefficient (Wildman–Crippen LogP) is 3.07. The molecule has 1 fully saturated rings. The summed E-state index contributed by atoms with van der Waals surface area (Å²) in [7, 11) is -3.40. The summed E-state index contributed by atoms with van der Waals surface area (Å²) >= 11 is 6.25. The van der Waals surface area contributed by atoms with Crippen LogP contribution >= 0.6 is 19.4 Å². The maximum atomic E-state index is 13.0. The lowest BCUT2D eigenvalue weighted by atomic mass is 9.85. The number of hydrogen-bond donors (Lipinski definition) is 4. The van der Waals surface area contributed by atoms with Gasteiger partial charge in [-0.25, -0.2) is 4.57 Å². The zero-order valence-corrected chi connectivity index (χ0v) is 18.5. The number of β-amino-alcohol motifs (C(OH)–C–C–N with tert-alkyl or cyclic N) is 1. The number of aromatic hydroxyl groups is 1. The molecule has 2 heterocycles. The van der Waals surface area contributed by atoms with E-state index in [1.807, 2.05) is 0 Å². The zero-order valence-electron chi connectivity index (χ0n) is 17.9. The van der Waals surface area contributed by atoms with Gasteiger partial charge in [0.05, 0.1) is 12.5 Å². The molecule has 0 aliphatic carbocycles. The monoisotopic (exact) mass is 482 g/mol. The summed E-state index contributed by atoms with van der Waals surface area (Å²) in [5.74, 6) is -2.14. The van der Waals surface area contributed by atoms with Crippen molar-refractivity contribution < 1.29 is 34.9 Å². The first kappa shape index (κ1) is 21.5. The number of phenols is 1. The van der Waals surface area contributed by atoms with Crippen molar-refractivity contribution in [1.29, 1.82) is 0 Å². The molecule has 2 unspecified atom stereocenters. The average Bonchev–Trinajstić information content (AvgIpc) is 2.67. The van der Waals surface area contributed by atoms with Crippen molar-refractivity contribution in [2.45, 2.75) is 18.4 Å². The molecule has 9 nitrogen and oxygen atoms in total. The lowest BCUT2D eigenvalue weighted by Crippen LogP contribution is -2.40. The molecule has 2 atom stereocenters. The largest absolute Gasteiger partial charge is 0.524 e. The number of fused-ring (bicyclic) bond motifs is 1. The number of aliphatic hydroxyl groups is 1. The van der Waals surface area contributed by atoms with Crippen molar-refractivity contribution in [2.24, 2.45) is 0 Å². The third-order valence-electron chi connectivity index (χ3n) is 5.32. The van der Waals surface area contributed by atoms with Crippen molar-refractivity contribution >= 4 is 30.4 Å². The number of phosphoric ester groups is 1. The fourth-order valence-corrected chi connectivity index (χ4v) is 4.57. The maximum absolute atomic E-state index is 13.0. The lowest BCUT2D eigenvalue weighted by molar-refractivity contribution is 0.0632. The molecule has 1 aliphatic heterocycles. The Hall–Kier alpha value is -2.39. The average molecular weight is 483 g/mol. The quantitative estimate of drug-likeness (QED) is 0.413. The maximum Gasteiger partial charge on any atom is 0.524 e. The Labute approximate surface area is 189 Å². The van der Waals surface area contributed by atoms with Crippen LogP contribution in [0.15, 0.2) is 45.6 Å². The van der Waals surface area contributed by atoms with E-state index in [0.717, 1.165) is 12.1 Å². The second-order valence-electron chi connectivity index (χ2n) is 7.62. The van der Waals surface area contributed by atoms with Gasteiger partial charge in [-0.05, 0) is 32.1 Å². The van der Waals surface area contributed by atoms with Crippen LogP contribution in [-0.4, -0.2) is 51.1 Å². The number of likely N-dealkylation sites (tertiary alicyclic amines) is 1. The molecule has 1 aliphatic rings. The molecular formula is C21H21ClNO8P. The molecule has 1 aromatic heterocycles. The summed E-state index contributed by atoms with van der Waals surface area (Å²) in [6.07, 6.45) is -1.92. The zero-order chi connectivity index (χ0) is 24.1. The second-order valence-corrected chi connectivity index (χ2v) is 9.19. The summed E-state index contributed by atoms with van der Waals surface area (Å²) in [5, 5.41) is 21.4. The van der Waals surface area contributed by atoms with Gasteiger partial charge in [0, 0.05) is 35.7 Å². The number of nitrogens with zero attached hydrogens (tertiary/aromatic N) is 1. The number of likely N-dealkylation sites (N-methyl/N-ethyl adjacent to an activating group) is 1. The summed E-state index contributed by atoms with van der Waals surface area (Å²) in [4.78, 5) is 33.6. The van der Waals surface area contributed by atoms with Crippen molar-refractivity contribution in [3.05, 3.63) is 57.2 Å². The molecule has 2 aromatic carbocycles. The molecule has 0 radical (unpaired) electrons. The third kappa shape index (κ3) is 4.41. The summed E-state index contributed by atoms with van der Waals surface area (Å²) in [6.45, 7) is 0.363.